The van der Waals surface area contributed by atoms with Gasteiger partial charge in [0.25, 0.3) is 0 Å². The molecule has 1 unspecified atom stereocenters. The third kappa shape index (κ3) is 7.07. The first kappa shape index (κ1) is 6.20. The van der Waals surface area contributed by atoms with E-state index in [2.05, 4.69) is 4.99 Å². The van der Waals surface area contributed by atoms with Crippen LogP contribution in [0.4, 0.5) is 0 Å². The molecule has 0 aromatic heterocycles. The van der Waals surface area contributed by atoms with E-state index in [0.29, 0.717) is 6.42 Å². The Hall–Kier alpha value is -1.30. The molecule has 0 aliphatic heterocycles. The largest absolute Gasteiger partial charge is 0.480 e. The van der Waals surface area contributed by atoms with Gasteiger partial charge in [-0.1, -0.05) is 0 Å². The molecule has 0 aromatic rings. The molecule has 6 nitrogen and oxygen atoms in total. The Morgan fingerprint density at radius 1 is 1.69 bits per heavy atom. The lowest BCUT2D eigenvalue weighted by molar-refractivity contribution is -0.138. The van der Waals surface area contributed by atoms with Gasteiger partial charge in [0, 0.05) is 7.92 Å². The number of hydrogen-bond donors (Lipinski definition) is 4. The summed E-state index contributed by atoms with van der Waals surface area (Å²) < 4.78 is 28.7. The zero-order valence-corrected chi connectivity index (χ0v) is 7.10. The highest BCUT2D eigenvalue weighted by molar-refractivity contribution is 5.75. The van der Waals surface area contributed by atoms with E-state index >= 15 is 0 Å². The van der Waals surface area contributed by atoms with Gasteiger partial charge in [0.15, 0.2) is 5.96 Å². The van der Waals surface area contributed by atoms with Gasteiger partial charge in [-0.25, -0.2) is 0 Å². The van der Waals surface area contributed by atoms with Gasteiger partial charge in [0.05, 0.1) is 1.37 Å². The molecule has 0 aromatic carbocycles. The van der Waals surface area contributed by atoms with E-state index in [4.69, 9.17) is 22.1 Å². The van der Waals surface area contributed by atoms with Crippen LogP contribution in [0.1, 0.15) is 22.0 Å². The predicted octanol–water partition coefficient (Wildman–Crippen LogP) is -1.16. The average Bonchev–Trinajstić information content (AvgIpc) is 2.21. The highest BCUT2D eigenvalue weighted by Gasteiger charge is 2.09. The van der Waals surface area contributed by atoms with Crippen LogP contribution in [0.5, 0.6) is 0 Å². The summed E-state index contributed by atoms with van der Waals surface area (Å²) in [4.78, 5) is 14.4. The molecule has 0 spiro atoms. The summed E-state index contributed by atoms with van der Waals surface area (Å²) in [6, 6.07) is -2.61. The van der Waals surface area contributed by atoms with Crippen molar-refractivity contribution in [1.82, 2.24) is 0 Å². The molecule has 0 radical (unpaired) electrons. The molecule has 0 amide bonds. The molecular formula is C7H16N4O2. The van der Waals surface area contributed by atoms with Crippen LogP contribution in [-0.2, 0) is 4.79 Å². The fourth-order valence-corrected chi connectivity index (χ4v) is 0.626. The minimum absolute atomic E-state index is 0.000833. The molecule has 0 fully saturated rings. The van der Waals surface area contributed by atoms with Crippen LogP contribution in [0, 0.1) is 0 Å². The summed E-state index contributed by atoms with van der Waals surface area (Å²) in [6.07, 6.45) is -1.14. The van der Waals surface area contributed by atoms with E-state index in [1.54, 1.807) is 0 Å². The van der Waals surface area contributed by atoms with Crippen LogP contribution >= 0.6 is 0 Å². The summed E-state index contributed by atoms with van der Waals surface area (Å²) in [5, 5.41) is 8.76. The van der Waals surface area contributed by atoms with Crippen LogP contribution in [0.3, 0.4) is 0 Å². The van der Waals surface area contributed by atoms with E-state index < -0.39 is 18.4 Å². The van der Waals surface area contributed by atoms with Crippen molar-refractivity contribution >= 4 is 11.9 Å². The number of nitrogens with two attached hydrogens (primary N) is 3. The smallest absolute Gasteiger partial charge is 0.320 e. The number of aliphatic imine (C=N–C) groups is 1. The third-order valence-corrected chi connectivity index (χ3v) is 1.21. The molecule has 13 heavy (non-hydrogen) atoms. The van der Waals surface area contributed by atoms with Crippen LogP contribution in [0.2, 0.25) is 2.82 Å². The van der Waals surface area contributed by atoms with Gasteiger partial charge >= 0.3 is 5.97 Å². The Morgan fingerprint density at radius 2 is 2.38 bits per heavy atom. The number of carboxylic acids is 1. The molecule has 0 aliphatic rings. The SMILES string of the molecule is [2H]C(CCCN=C(N)N)[C@@]([2H])(C(=O)O)N([2H])[2H]. The molecule has 0 heterocycles. The highest BCUT2D eigenvalue weighted by Crippen LogP contribution is 1.99. The topological polar surface area (TPSA) is 128 Å². The van der Waals surface area contributed by atoms with Crippen LogP contribution < -0.4 is 17.2 Å². The fourth-order valence-electron chi connectivity index (χ4n) is 0.626. The number of aliphatic carboxylic acids is 1. The van der Waals surface area contributed by atoms with E-state index in [1.165, 1.54) is 0 Å². The minimum Gasteiger partial charge on any atom is -0.480 e. The Labute approximate surface area is 82.5 Å². The van der Waals surface area contributed by atoms with Crippen molar-refractivity contribution < 1.29 is 15.5 Å². The van der Waals surface area contributed by atoms with Crippen LogP contribution in [0.15, 0.2) is 4.99 Å². The first-order chi connectivity index (χ1) is 7.72. The van der Waals surface area contributed by atoms with Crippen molar-refractivity contribution in [2.24, 2.45) is 22.2 Å². The lowest BCUT2D eigenvalue weighted by Crippen LogP contribution is -2.29. The molecule has 7 N–H and O–H groups in total. The summed E-state index contributed by atoms with van der Waals surface area (Å²) in [5.74, 6) is -1.81. The summed E-state index contributed by atoms with van der Waals surface area (Å²) in [7, 11) is 0. The summed E-state index contributed by atoms with van der Waals surface area (Å²) in [5.41, 5.74) is 9.86. The summed E-state index contributed by atoms with van der Waals surface area (Å²) in [6.45, 7) is 0.212. The number of guanidine groups is 1. The summed E-state index contributed by atoms with van der Waals surface area (Å²) >= 11 is 0. The number of nitrogens with zero attached hydrogens (tertiary/aromatic N) is 1. The fraction of sp³-hybridized carbons (Fsp3) is 0.714. The molecule has 0 saturated carbocycles. The van der Waals surface area contributed by atoms with Crippen molar-refractivity contribution in [3.63, 3.8) is 0 Å². The number of carboxylic acid groups (broad SMARTS) is 1. The third-order valence-electron chi connectivity index (χ3n) is 1.21. The lowest BCUT2D eigenvalue weighted by Gasteiger charge is -2.04. The van der Waals surface area contributed by atoms with Gasteiger partial charge < -0.3 is 22.3 Å². The first-order valence-electron chi connectivity index (χ1n) is 5.69. The second-order valence-electron chi connectivity index (χ2n) is 2.34. The van der Waals surface area contributed by atoms with Gasteiger partial charge in [-0.2, -0.15) is 0 Å². The molecule has 0 bridgehead atoms. The van der Waals surface area contributed by atoms with Gasteiger partial charge in [-0.3, -0.25) is 9.79 Å². The van der Waals surface area contributed by atoms with Gasteiger partial charge in [-0.05, 0) is 19.2 Å². The number of rotatable bonds is 7. The Kier molecular flexibility index (Phi) is 2.98. The Bertz CT molecular complexity index is 298. The maximum atomic E-state index is 10.8. The van der Waals surface area contributed by atoms with Crippen molar-refractivity contribution in [1.29, 1.82) is 0 Å². The number of hydrogen-bond acceptors (Lipinski definition) is 3. The van der Waals surface area contributed by atoms with Crippen molar-refractivity contribution in [3.05, 3.63) is 0 Å². The van der Waals surface area contributed by atoms with Crippen molar-refractivity contribution in [3.8, 4) is 0 Å². The molecule has 2 atom stereocenters. The zero-order valence-electron chi connectivity index (χ0n) is 11.1. The van der Waals surface area contributed by atoms with Gasteiger partial charge in [0.2, 0.25) is 0 Å². The van der Waals surface area contributed by atoms with Crippen molar-refractivity contribution in [2.75, 3.05) is 6.54 Å². The van der Waals surface area contributed by atoms with E-state index in [1.807, 2.05) is 0 Å². The van der Waals surface area contributed by atoms with E-state index in [-0.39, 0.29) is 24.6 Å². The second kappa shape index (κ2) is 6.24. The highest BCUT2D eigenvalue weighted by atomic mass is 16.4. The molecule has 0 saturated heterocycles. The maximum absolute atomic E-state index is 10.8. The second-order valence-corrected chi connectivity index (χ2v) is 2.34. The Balaban J connectivity index is 4.41. The van der Waals surface area contributed by atoms with Gasteiger partial charge in [0.1, 0.15) is 8.84 Å². The number of carbonyl (C=O) groups is 1. The minimum atomic E-state index is -2.61. The average molecular weight is 192 g/mol. The lowest BCUT2D eigenvalue weighted by atomic mass is 10.1. The van der Waals surface area contributed by atoms with Crippen LogP contribution in [-0.4, -0.2) is 29.6 Å². The molecule has 6 heteroatoms. The molecule has 0 rings (SSSR count). The normalized spacial score (nSPS) is 21.6. The Morgan fingerprint density at radius 3 is 2.85 bits per heavy atom. The van der Waals surface area contributed by atoms with E-state index in [0.717, 1.165) is 0 Å². The zero-order chi connectivity index (χ0) is 13.6. The molecular weight excluding hydrogens is 172 g/mol. The molecule has 0 aliphatic carbocycles. The van der Waals surface area contributed by atoms with Crippen molar-refractivity contribution in [2.45, 2.75) is 25.3 Å². The van der Waals surface area contributed by atoms with E-state index in [9.17, 15) is 4.79 Å². The van der Waals surface area contributed by atoms with Crippen LogP contribution in [0.25, 0.3) is 0 Å². The maximum Gasteiger partial charge on any atom is 0.320 e. The quantitative estimate of drug-likeness (QED) is 0.230. The predicted molar refractivity (Wildman–Crippen MR) is 50.1 cm³/mol. The first-order valence-corrected chi connectivity index (χ1v) is 3.72. The standard InChI is InChI=1S/C7H16N4O2/c8-5(6(12)13)3-1-2-4-11-7(9)10/h5H,1-4,8H2,(H,12,13)(H4,9,10,11)/t5-/m0/s1/i3D,5D/hD2/t3?,5-. The van der Waals surface area contributed by atoms with Gasteiger partial charge in [-0.15, -0.1) is 0 Å². The molecule has 76 valence electrons. The monoisotopic (exact) mass is 192 g/mol.